The fourth-order valence-electron chi connectivity index (χ4n) is 2.01. The van der Waals surface area contributed by atoms with Gasteiger partial charge in [-0.1, -0.05) is 0 Å². The van der Waals surface area contributed by atoms with E-state index >= 15 is 0 Å². The molecule has 8 nitrogen and oxygen atoms in total. The molecule has 0 saturated carbocycles. The number of amides is 1. The number of aromatic carboxylic acids is 1. The quantitative estimate of drug-likeness (QED) is 0.705. The molecule has 0 bridgehead atoms. The van der Waals surface area contributed by atoms with Crippen molar-refractivity contribution in [2.24, 2.45) is 0 Å². The van der Waals surface area contributed by atoms with Gasteiger partial charge in [0.25, 0.3) is 5.91 Å². The van der Waals surface area contributed by atoms with Gasteiger partial charge in [0, 0.05) is 26.4 Å². The summed E-state index contributed by atoms with van der Waals surface area (Å²) in [5.41, 5.74) is -0.100. The number of nitrogens with one attached hydrogen (secondary N) is 1. The first-order chi connectivity index (χ1) is 10.7. The van der Waals surface area contributed by atoms with Gasteiger partial charge in [0.2, 0.25) is 0 Å². The van der Waals surface area contributed by atoms with Crippen LogP contribution in [0.2, 0.25) is 0 Å². The molecule has 22 heavy (non-hydrogen) atoms. The zero-order valence-corrected chi connectivity index (χ0v) is 12.2. The van der Waals surface area contributed by atoms with Crippen LogP contribution >= 0.6 is 0 Å². The Morgan fingerprint density at radius 2 is 1.95 bits per heavy atom. The molecule has 8 heteroatoms. The number of rotatable bonds is 7. The van der Waals surface area contributed by atoms with Gasteiger partial charge in [-0.25, -0.2) is 14.8 Å². The summed E-state index contributed by atoms with van der Waals surface area (Å²) < 4.78 is 10.9. The van der Waals surface area contributed by atoms with Crippen molar-refractivity contribution in [1.29, 1.82) is 0 Å². The maximum absolute atomic E-state index is 11.8. The highest BCUT2D eigenvalue weighted by atomic mass is 16.5. The maximum atomic E-state index is 11.8. The Morgan fingerprint density at radius 1 is 1.27 bits per heavy atom. The zero-order valence-electron chi connectivity index (χ0n) is 12.2. The number of aromatic nitrogens is 2. The predicted octanol–water partition coefficient (Wildman–Crippen LogP) is 0.490. The van der Waals surface area contributed by atoms with E-state index in [0.29, 0.717) is 19.6 Å². The fourth-order valence-corrected chi connectivity index (χ4v) is 2.01. The molecule has 0 radical (unpaired) electrons. The van der Waals surface area contributed by atoms with Crippen LogP contribution in [0.15, 0.2) is 12.4 Å². The van der Waals surface area contributed by atoms with Crippen LogP contribution in [-0.4, -0.2) is 59.4 Å². The molecule has 0 unspecified atom stereocenters. The second-order valence-electron chi connectivity index (χ2n) is 4.88. The molecule has 1 aliphatic heterocycles. The molecule has 0 atom stereocenters. The summed E-state index contributed by atoms with van der Waals surface area (Å²) in [6, 6.07) is 0. The van der Waals surface area contributed by atoms with Gasteiger partial charge in [-0.2, -0.15) is 0 Å². The van der Waals surface area contributed by atoms with Crippen LogP contribution in [0.1, 0.15) is 40.2 Å². The maximum Gasteiger partial charge on any atom is 0.356 e. The first kappa shape index (κ1) is 16.3. The van der Waals surface area contributed by atoms with Crippen molar-refractivity contribution in [3.63, 3.8) is 0 Å². The number of nitrogens with zero attached hydrogens (tertiary/aromatic N) is 2. The van der Waals surface area contributed by atoms with E-state index in [0.717, 1.165) is 38.4 Å². The average Bonchev–Trinajstić information content (AvgIpc) is 2.55. The molecule has 120 valence electrons. The molecule has 1 aliphatic rings. The van der Waals surface area contributed by atoms with Gasteiger partial charge >= 0.3 is 5.97 Å². The summed E-state index contributed by atoms with van der Waals surface area (Å²) in [5, 5.41) is 11.4. The molecule has 2 N–H and O–H groups in total. The molecule has 0 aromatic carbocycles. The van der Waals surface area contributed by atoms with Crippen molar-refractivity contribution in [1.82, 2.24) is 15.3 Å². The van der Waals surface area contributed by atoms with E-state index in [1.807, 2.05) is 0 Å². The zero-order chi connectivity index (χ0) is 15.8. The first-order valence-corrected chi connectivity index (χ1v) is 7.19. The summed E-state index contributed by atoms with van der Waals surface area (Å²) >= 11 is 0. The van der Waals surface area contributed by atoms with Gasteiger partial charge in [0.05, 0.1) is 18.5 Å². The van der Waals surface area contributed by atoms with Crippen LogP contribution in [0.5, 0.6) is 0 Å². The van der Waals surface area contributed by atoms with E-state index in [-0.39, 0.29) is 23.4 Å². The molecule has 1 aromatic rings. The summed E-state index contributed by atoms with van der Waals surface area (Å²) in [5.74, 6) is -1.56. The average molecular weight is 309 g/mol. The second kappa shape index (κ2) is 8.40. The largest absolute Gasteiger partial charge is 0.476 e. The minimum Gasteiger partial charge on any atom is -0.476 e. The highest BCUT2D eigenvalue weighted by molar-refractivity contribution is 5.92. The molecule has 2 heterocycles. The first-order valence-electron chi connectivity index (χ1n) is 7.19. The predicted molar refractivity (Wildman–Crippen MR) is 75.7 cm³/mol. The second-order valence-corrected chi connectivity index (χ2v) is 4.88. The minimum absolute atomic E-state index is 0.0929. The van der Waals surface area contributed by atoms with Crippen LogP contribution in [0.25, 0.3) is 0 Å². The molecule has 1 saturated heterocycles. The number of carbonyl (C=O) groups is 2. The molecule has 0 aliphatic carbocycles. The molecule has 1 fully saturated rings. The lowest BCUT2D eigenvalue weighted by Gasteiger charge is -2.22. The van der Waals surface area contributed by atoms with Gasteiger partial charge in [0.15, 0.2) is 5.69 Å². The van der Waals surface area contributed by atoms with Crippen LogP contribution in [-0.2, 0) is 9.47 Å². The lowest BCUT2D eigenvalue weighted by molar-refractivity contribution is -0.0321. The molecule has 1 amide bonds. The van der Waals surface area contributed by atoms with Gasteiger partial charge in [-0.05, 0) is 19.3 Å². The standard InChI is InChI=1S/C14H19N3O5/c18-13(11-8-17-12(9-16-11)14(19)20)15-4-1-5-22-10-2-6-21-7-3-10/h8-10H,1-7H2,(H,15,18)(H,19,20). The van der Waals surface area contributed by atoms with Crippen molar-refractivity contribution in [2.75, 3.05) is 26.4 Å². The number of hydrogen-bond donors (Lipinski definition) is 2. The third-order valence-corrected chi connectivity index (χ3v) is 3.23. The highest BCUT2D eigenvalue weighted by Crippen LogP contribution is 2.10. The van der Waals surface area contributed by atoms with E-state index in [1.54, 1.807) is 0 Å². The van der Waals surface area contributed by atoms with Crippen LogP contribution < -0.4 is 5.32 Å². The summed E-state index contributed by atoms with van der Waals surface area (Å²) in [7, 11) is 0. The topological polar surface area (TPSA) is 111 Å². The van der Waals surface area contributed by atoms with E-state index < -0.39 is 5.97 Å². The SMILES string of the molecule is O=C(O)c1cnc(C(=O)NCCCOC2CCOCC2)cn1. The van der Waals surface area contributed by atoms with Crippen molar-refractivity contribution >= 4 is 11.9 Å². The third kappa shape index (κ3) is 5.05. The van der Waals surface area contributed by atoms with Gasteiger partial charge in [0.1, 0.15) is 5.69 Å². The fraction of sp³-hybridized carbons (Fsp3) is 0.571. The molecule has 2 rings (SSSR count). The van der Waals surface area contributed by atoms with Crippen LogP contribution in [0.4, 0.5) is 0 Å². The van der Waals surface area contributed by atoms with Gasteiger partial charge in [-0.3, -0.25) is 4.79 Å². The Bertz CT molecular complexity index is 500. The van der Waals surface area contributed by atoms with Crippen molar-refractivity contribution in [3.8, 4) is 0 Å². The number of carboxylic acids is 1. The Labute approximate surface area is 127 Å². The Hall–Kier alpha value is -2.06. The lowest BCUT2D eigenvalue weighted by Crippen LogP contribution is -2.28. The van der Waals surface area contributed by atoms with E-state index in [1.165, 1.54) is 0 Å². The Balaban J connectivity index is 1.63. The number of ether oxygens (including phenoxy) is 2. The van der Waals surface area contributed by atoms with Crippen molar-refractivity contribution < 1.29 is 24.2 Å². The van der Waals surface area contributed by atoms with Gasteiger partial charge in [-0.15, -0.1) is 0 Å². The van der Waals surface area contributed by atoms with Crippen LogP contribution in [0.3, 0.4) is 0 Å². The smallest absolute Gasteiger partial charge is 0.356 e. The molecular formula is C14H19N3O5. The summed E-state index contributed by atoms with van der Waals surface area (Å²) in [6.45, 7) is 2.53. The lowest BCUT2D eigenvalue weighted by atomic mass is 10.1. The Morgan fingerprint density at radius 3 is 2.59 bits per heavy atom. The number of carbonyl (C=O) groups excluding carboxylic acids is 1. The summed E-state index contributed by atoms with van der Waals surface area (Å²) in [6.07, 6.45) is 4.99. The normalized spacial score (nSPS) is 15.5. The molecule has 0 spiro atoms. The van der Waals surface area contributed by atoms with E-state index in [9.17, 15) is 9.59 Å². The van der Waals surface area contributed by atoms with E-state index in [2.05, 4.69) is 15.3 Å². The number of carboxylic acid groups (broad SMARTS) is 1. The van der Waals surface area contributed by atoms with Crippen LogP contribution in [0, 0.1) is 0 Å². The third-order valence-electron chi connectivity index (χ3n) is 3.23. The Kier molecular flexibility index (Phi) is 6.23. The molecular weight excluding hydrogens is 290 g/mol. The van der Waals surface area contributed by atoms with E-state index in [4.69, 9.17) is 14.6 Å². The monoisotopic (exact) mass is 309 g/mol. The highest BCUT2D eigenvalue weighted by Gasteiger charge is 2.14. The van der Waals surface area contributed by atoms with Crippen molar-refractivity contribution in [2.45, 2.75) is 25.4 Å². The minimum atomic E-state index is -1.18. The molecule has 1 aromatic heterocycles. The van der Waals surface area contributed by atoms with Gasteiger partial charge < -0.3 is 19.9 Å². The number of hydrogen-bond acceptors (Lipinski definition) is 6. The summed E-state index contributed by atoms with van der Waals surface area (Å²) in [4.78, 5) is 29.8. The van der Waals surface area contributed by atoms with Crippen molar-refractivity contribution in [3.05, 3.63) is 23.8 Å².